The van der Waals surface area contributed by atoms with Crippen molar-refractivity contribution in [2.75, 3.05) is 11.5 Å². The SMILES string of the molecule is SSCCc1ccc(CCSS)cc1. The van der Waals surface area contributed by atoms with Crippen molar-refractivity contribution in [2.45, 2.75) is 12.8 Å². The Balaban J connectivity index is 2.42. The fourth-order valence-electron chi connectivity index (χ4n) is 1.20. The number of hydrogen-bond donors (Lipinski definition) is 2. The van der Waals surface area contributed by atoms with E-state index in [9.17, 15) is 0 Å². The summed E-state index contributed by atoms with van der Waals surface area (Å²) in [6.45, 7) is 0. The van der Waals surface area contributed by atoms with Crippen LogP contribution in [0.4, 0.5) is 0 Å². The lowest BCUT2D eigenvalue weighted by Crippen LogP contribution is -1.90. The predicted molar refractivity (Wildman–Crippen MR) is 76.7 cm³/mol. The summed E-state index contributed by atoms with van der Waals surface area (Å²) in [5.74, 6) is 2.16. The van der Waals surface area contributed by atoms with Gasteiger partial charge in [0.25, 0.3) is 0 Å². The summed E-state index contributed by atoms with van der Waals surface area (Å²) in [7, 11) is 3.19. The van der Waals surface area contributed by atoms with Crippen molar-refractivity contribution in [3.05, 3.63) is 35.4 Å². The van der Waals surface area contributed by atoms with E-state index >= 15 is 0 Å². The third-order valence-corrected chi connectivity index (χ3v) is 3.86. The van der Waals surface area contributed by atoms with Crippen LogP contribution in [0.3, 0.4) is 0 Å². The van der Waals surface area contributed by atoms with E-state index in [1.165, 1.54) is 11.1 Å². The van der Waals surface area contributed by atoms with Gasteiger partial charge in [-0.25, -0.2) is 0 Å². The van der Waals surface area contributed by atoms with Gasteiger partial charge in [-0.15, -0.1) is 23.3 Å². The number of aryl methyl sites for hydroxylation is 2. The van der Waals surface area contributed by atoms with Crippen LogP contribution in [0.2, 0.25) is 0 Å². The monoisotopic (exact) mass is 262 g/mol. The maximum absolute atomic E-state index is 4.12. The lowest BCUT2D eigenvalue weighted by atomic mass is 10.1. The lowest BCUT2D eigenvalue weighted by molar-refractivity contribution is 1.12. The smallest absolute Gasteiger partial charge is 0.00750 e. The Hall–Kier alpha value is 0.620. The molecular weight excluding hydrogens is 248 g/mol. The number of benzene rings is 1. The highest BCUT2D eigenvalue weighted by Gasteiger charge is 1.95. The average Bonchev–Trinajstić information content (AvgIpc) is 2.25. The van der Waals surface area contributed by atoms with Crippen molar-refractivity contribution in [3.63, 3.8) is 0 Å². The highest BCUT2D eigenvalue weighted by Crippen LogP contribution is 2.13. The van der Waals surface area contributed by atoms with Crippen molar-refractivity contribution in [1.29, 1.82) is 0 Å². The fourth-order valence-corrected chi connectivity index (χ4v) is 2.40. The number of hydrogen-bond acceptors (Lipinski definition) is 4. The summed E-state index contributed by atoms with van der Waals surface area (Å²) in [5, 5.41) is 0. The normalized spacial score (nSPS) is 10.4. The molecule has 78 valence electrons. The van der Waals surface area contributed by atoms with Crippen molar-refractivity contribution in [2.24, 2.45) is 0 Å². The number of thiol groups is 2. The Morgan fingerprint density at radius 3 is 1.43 bits per heavy atom. The molecule has 1 aromatic carbocycles. The molecule has 4 heteroatoms. The zero-order chi connectivity index (χ0) is 10.2. The van der Waals surface area contributed by atoms with E-state index in [4.69, 9.17) is 0 Å². The largest absolute Gasteiger partial charge is 0.111 e. The Labute approximate surface area is 104 Å². The molecule has 0 aliphatic rings. The maximum atomic E-state index is 4.12. The Morgan fingerprint density at radius 1 is 0.786 bits per heavy atom. The van der Waals surface area contributed by atoms with Crippen LogP contribution >= 0.6 is 44.9 Å². The van der Waals surface area contributed by atoms with E-state index in [1.54, 1.807) is 21.6 Å². The molecule has 1 aromatic rings. The third kappa shape index (κ3) is 4.91. The molecule has 1 rings (SSSR count). The van der Waals surface area contributed by atoms with E-state index < -0.39 is 0 Å². The van der Waals surface area contributed by atoms with Crippen LogP contribution in [-0.2, 0) is 12.8 Å². The van der Waals surface area contributed by atoms with Gasteiger partial charge in [0.15, 0.2) is 0 Å². The van der Waals surface area contributed by atoms with Gasteiger partial charge < -0.3 is 0 Å². The molecule has 0 atom stereocenters. The minimum Gasteiger partial charge on any atom is -0.111 e. The molecule has 0 radical (unpaired) electrons. The van der Waals surface area contributed by atoms with Gasteiger partial charge in [0.1, 0.15) is 0 Å². The van der Waals surface area contributed by atoms with Gasteiger partial charge >= 0.3 is 0 Å². The quantitative estimate of drug-likeness (QED) is 0.589. The van der Waals surface area contributed by atoms with Gasteiger partial charge in [-0.2, -0.15) is 0 Å². The second-order valence-corrected chi connectivity index (χ2v) is 5.87. The minimum absolute atomic E-state index is 1.08. The highest BCUT2D eigenvalue weighted by atomic mass is 33.1. The van der Waals surface area contributed by atoms with Gasteiger partial charge in [0.05, 0.1) is 0 Å². The first-order chi connectivity index (χ1) is 6.86. The second-order valence-electron chi connectivity index (χ2n) is 2.98. The summed E-state index contributed by atoms with van der Waals surface area (Å²) in [5.41, 5.74) is 2.79. The molecule has 0 amide bonds. The average molecular weight is 262 g/mol. The van der Waals surface area contributed by atoms with E-state index in [-0.39, 0.29) is 0 Å². The molecule has 0 heterocycles. The summed E-state index contributed by atoms with van der Waals surface area (Å²) < 4.78 is 0. The molecule has 0 spiro atoms. The van der Waals surface area contributed by atoms with E-state index in [0.717, 1.165) is 24.3 Å². The van der Waals surface area contributed by atoms with Crippen LogP contribution in [0.1, 0.15) is 11.1 Å². The molecule has 0 nitrogen and oxygen atoms in total. The van der Waals surface area contributed by atoms with Crippen molar-refractivity contribution >= 4 is 44.9 Å². The topological polar surface area (TPSA) is 0 Å². The van der Waals surface area contributed by atoms with Gasteiger partial charge in [0, 0.05) is 11.5 Å². The first kappa shape index (κ1) is 12.7. The van der Waals surface area contributed by atoms with Crippen molar-refractivity contribution < 1.29 is 0 Å². The van der Waals surface area contributed by atoms with Gasteiger partial charge in [0.2, 0.25) is 0 Å². The van der Waals surface area contributed by atoms with Gasteiger partial charge in [-0.05, 0) is 24.0 Å². The van der Waals surface area contributed by atoms with E-state index in [0.29, 0.717) is 0 Å². The standard InChI is InChI=1S/C10H14S4/c11-13-7-5-9-1-2-10(4-3-9)6-8-14-12/h1-4,11-12H,5-8H2. The van der Waals surface area contributed by atoms with Crippen LogP contribution in [0.5, 0.6) is 0 Å². The van der Waals surface area contributed by atoms with Crippen LogP contribution in [-0.4, -0.2) is 11.5 Å². The highest BCUT2D eigenvalue weighted by molar-refractivity contribution is 8.68. The summed E-state index contributed by atoms with van der Waals surface area (Å²) >= 11 is 8.25. The summed E-state index contributed by atoms with van der Waals surface area (Å²) in [6.07, 6.45) is 2.21. The van der Waals surface area contributed by atoms with Crippen molar-refractivity contribution in [3.8, 4) is 0 Å². The molecule has 0 aromatic heterocycles. The first-order valence-electron chi connectivity index (χ1n) is 4.47. The Morgan fingerprint density at radius 2 is 1.14 bits per heavy atom. The molecule has 0 saturated carbocycles. The molecule has 0 fully saturated rings. The molecule has 0 N–H and O–H groups in total. The minimum atomic E-state index is 1.08. The van der Waals surface area contributed by atoms with Crippen LogP contribution < -0.4 is 0 Å². The zero-order valence-electron chi connectivity index (χ0n) is 7.85. The molecule has 14 heavy (non-hydrogen) atoms. The van der Waals surface area contributed by atoms with Crippen LogP contribution in [0.15, 0.2) is 24.3 Å². The van der Waals surface area contributed by atoms with Crippen LogP contribution in [0, 0.1) is 0 Å². The fraction of sp³-hybridized carbons (Fsp3) is 0.400. The molecule has 0 bridgehead atoms. The molecule has 0 aliphatic carbocycles. The molecule has 0 unspecified atom stereocenters. The van der Waals surface area contributed by atoms with E-state index in [1.807, 2.05) is 0 Å². The summed E-state index contributed by atoms with van der Waals surface area (Å²) in [4.78, 5) is 0. The van der Waals surface area contributed by atoms with E-state index in [2.05, 4.69) is 47.6 Å². The maximum Gasteiger partial charge on any atom is 0.00750 e. The lowest BCUT2D eigenvalue weighted by Gasteiger charge is -2.02. The molecule has 0 saturated heterocycles. The van der Waals surface area contributed by atoms with Gasteiger partial charge in [-0.1, -0.05) is 45.9 Å². The van der Waals surface area contributed by atoms with Gasteiger partial charge in [-0.3, -0.25) is 0 Å². The zero-order valence-corrected chi connectivity index (χ0v) is 11.3. The van der Waals surface area contributed by atoms with Crippen LogP contribution in [0.25, 0.3) is 0 Å². The summed E-state index contributed by atoms with van der Waals surface area (Å²) in [6, 6.07) is 8.84. The Kier molecular flexibility index (Phi) is 7.12. The third-order valence-electron chi connectivity index (χ3n) is 1.99. The molecule has 0 aliphatic heterocycles. The predicted octanol–water partition coefficient (Wildman–Crippen LogP) is 3.93. The Bertz CT molecular complexity index is 218. The molecular formula is C10H14S4. The number of rotatable bonds is 6. The second kappa shape index (κ2) is 7.85. The van der Waals surface area contributed by atoms with Crippen molar-refractivity contribution in [1.82, 2.24) is 0 Å². The first-order valence-corrected chi connectivity index (χ1v) is 8.55.